The average molecular weight is 639 g/mol. The van der Waals surface area contributed by atoms with Crippen molar-refractivity contribution in [3.05, 3.63) is 108 Å². The van der Waals surface area contributed by atoms with Crippen LogP contribution in [-0.2, 0) is 29.1 Å². The molecule has 3 N–H and O–H groups in total. The van der Waals surface area contributed by atoms with Gasteiger partial charge in [0, 0.05) is 34.7 Å². The Balaban J connectivity index is 1.34. The molecule has 0 saturated heterocycles. The Hall–Kier alpha value is -4.34. The number of benzene rings is 3. The Kier molecular flexibility index (Phi) is 10.7. The topological polar surface area (TPSA) is 104 Å². The number of hydrogen-bond donors (Lipinski definition) is 3. The predicted molar refractivity (Wildman–Crippen MR) is 184 cm³/mol. The van der Waals surface area contributed by atoms with Gasteiger partial charge in [0.2, 0.25) is 11.8 Å². The van der Waals surface area contributed by atoms with Crippen molar-refractivity contribution in [2.75, 3.05) is 17.7 Å². The molecule has 1 aliphatic rings. The monoisotopic (exact) mass is 638 g/mol. The molecule has 5 rings (SSSR count). The van der Waals surface area contributed by atoms with Crippen LogP contribution in [0.4, 0.5) is 5.69 Å². The minimum absolute atomic E-state index is 0.108. The SMILES string of the molecule is CCNC(=O)c1ccccc1-c1ccc(CN2C(=O)C(NC(=O)CC(C)(C)NCc3ccco3)CCc3cc(SC)ccc32)cc1. The molecular formula is C37H42N4O4S. The van der Waals surface area contributed by atoms with Gasteiger partial charge in [0.05, 0.1) is 19.4 Å². The van der Waals surface area contributed by atoms with Crippen LogP contribution in [0.5, 0.6) is 0 Å². The molecule has 3 aromatic carbocycles. The molecule has 9 heteroatoms. The van der Waals surface area contributed by atoms with Gasteiger partial charge in [-0.15, -0.1) is 11.8 Å². The van der Waals surface area contributed by atoms with Gasteiger partial charge in [-0.1, -0.05) is 42.5 Å². The zero-order valence-corrected chi connectivity index (χ0v) is 27.7. The number of furan rings is 1. The van der Waals surface area contributed by atoms with E-state index in [-0.39, 0.29) is 24.1 Å². The molecule has 46 heavy (non-hydrogen) atoms. The highest BCUT2D eigenvalue weighted by Gasteiger charge is 2.33. The van der Waals surface area contributed by atoms with Gasteiger partial charge >= 0.3 is 0 Å². The molecule has 8 nitrogen and oxygen atoms in total. The molecule has 4 aromatic rings. The fourth-order valence-corrected chi connectivity index (χ4v) is 6.25. The first-order chi connectivity index (χ1) is 22.2. The third kappa shape index (κ3) is 8.08. The van der Waals surface area contributed by atoms with Crippen molar-refractivity contribution in [1.29, 1.82) is 0 Å². The molecule has 0 aliphatic carbocycles. The molecule has 0 spiro atoms. The summed E-state index contributed by atoms with van der Waals surface area (Å²) in [6.07, 6.45) is 5.06. The molecule has 1 atom stereocenters. The van der Waals surface area contributed by atoms with E-state index in [9.17, 15) is 14.4 Å². The summed E-state index contributed by atoms with van der Waals surface area (Å²) < 4.78 is 5.41. The molecule has 3 amide bonds. The van der Waals surface area contributed by atoms with Crippen molar-refractivity contribution in [2.45, 2.75) is 69.6 Å². The highest BCUT2D eigenvalue weighted by atomic mass is 32.2. The van der Waals surface area contributed by atoms with Crippen molar-refractivity contribution in [3.8, 4) is 11.1 Å². The number of carbonyl (C=O) groups excluding carboxylic acids is 3. The molecule has 0 fully saturated rings. The fraction of sp³-hybridized carbons (Fsp3) is 0.324. The van der Waals surface area contributed by atoms with Crippen LogP contribution >= 0.6 is 11.8 Å². The number of hydrogen-bond acceptors (Lipinski definition) is 6. The van der Waals surface area contributed by atoms with Crippen LogP contribution in [0.25, 0.3) is 11.1 Å². The quantitative estimate of drug-likeness (QED) is 0.157. The summed E-state index contributed by atoms with van der Waals surface area (Å²) >= 11 is 1.67. The van der Waals surface area contributed by atoms with Gasteiger partial charge in [-0.3, -0.25) is 14.4 Å². The largest absolute Gasteiger partial charge is 0.468 e. The lowest BCUT2D eigenvalue weighted by Gasteiger charge is -2.29. The molecule has 0 saturated carbocycles. The minimum Gasteiger partial charge on any atom is -0.468 e. The van der Waals surface area contributed by atoms with Gasteiger partial charge in [0.15, 0.2) is 0 Å². The minimum atomic E-state index is -0.651. The molecule has 2 heterocycles. The van der Waals surface area contributed by atoms with Gasteiger partial charge in [-0.05, 0) is 98.5 Å². The number of nitrogens with zero attached hydrogens (tertiary/aromatic N) is 1. The Morgan fingerprint density at radius 2 is 1.80 bits per heavy atom. The summed E-state index contributed by atoms with van der Waals surface area (Å²) in [4.78, 5) is 43.1. The van der Waals surface area contributed by atoms with Gasteiger partial charge in [-0.25, -0.2) is 0 Å². The van der Waals surface area contributed by atoms with Gasteiger partial charge in [-0.2, -0.15) is 0 Å². The molecule has 1 aromatic heterocycles. The second-order valence-electron chi connectivity index (χ2n) is 12.2. The average Bonchev–Trinajstić information content (AvgIpc) is 3.55. The highest BCUT2D eigenvalue weighted by Crippen LogP contribution is 2.33. The predicted octanol–water partition coefficient (Wildman–Crippen LogP) is 6.34. The number of thioether (sulfide) groups is 1. The zero-order valence-electron chi connectivity index (χ0n) is 26.9. The van der Waals surface area contributed by atoms with E-state index >= 15 is 0 Å². The lowest BCUT2D eigenvalue weighted by atomic mass is 9.98. The van der Waals surface area contributed by atoms with Crippen LogP contribution in [0.15, 0.2) is 94.4 Å². The Labute approximate surface area is 275 Å². The standard InChI is InChI=1S/C37H42N4O4S/c1-5-38-35(43)31-11-7-6-10-30(31)26-14-12-25(13-15-26)24-41-33-19-17-29(46-4)21-27(33)16-18-32(36(41)44)40-34(42)22-37(2,3)39-23-28-9-8-20-45-28/h6-15,17,19-21,32,39H,5,16,18,22-24H2,1-4H3,(H,38,43)(H,40,42). The normalized spacial score (nSPS) is 14.8. The van der Waals surface area contributed by atoms with Crippen LogP contribution < -0.4 is 20.9 Å². The van der Waals surface area contributed by atoms with Crippen LogP contribution in [0.2, 0.25) is 0 Å². The number of aryl methyl sites for hydroxylation is 1. The first-order valence-electron chi connectivity index (χ1n) is 15.7. The molecule has 0 radical (unpaired) electrons. The van der Waals surface area contributed by atoms with E-state index in [0.717, 1.165) is 38.6 Å². The van der Waals surface area contributed by atoms with Crippen LogP contribution in [0.3, 0.4) is 0 Å². The Bertz CT molecular complexity index is 1670. The fourth-order valence-electron chi connectivity index (χ4n) is 5.79. The smallest absolute Gasteiger partial charge is 0.251 e. The summed E-state index contributed by atoms with van der Waals surface area (Å²) in [5, 5.41) is 9.32. The van der Waals surface area contributed by atoms with Crippen LogP contribution in [-0.4, -0.2) is 42.1 Å². The van der Waals surface area contributed by atoms with Crippen molar-refractivity contribution in [3.63, 3.8) is 0 Å². The van der Waals surface area contributed by atoms with Gasteiger partial charge in [0.25, 0.3) is 5.91 Å². The number of nitrogens with one attached hydrogen (secondary N) is 3. The maximum atomic E-state index is 14.2. The lowest BCUT2D eigenvalue weighted by Crippen LogP contribution is -2.50. The molecule has 1 unspecified atom stereocenters. The first-order valence-corrected chi connectivity index (χ1v) is 16.9. The lowest BCUT2D eigenvalue weighted by molar-refractivity contribution is -0.128. The van der Waals surface area contributed by atoms with E-state index in [2.05, 4.69) is 22.0 Å². The number of amides is 3. The highest BCUT2D eigenvalue weighted by molar-refractivity contribution is 7.98. The third-order valence-electron chi connectivity index (χ3n) is 8.22. The van der Waals surface area contributed by atoms with E-state index in [1.165, 1.54) is 0 Å². The number of carbonyl (C=O) groups is 3. The summed E-state index contributed by atoms with van der Waals surface area (Å²) in [7, 11) is 0. The van der Waals surface area contributed by atoms with E-state index in [0.29, 0.717) is 38.0 Å². The van der Waals surface area contributed by atoms with Crippen LogP contribution in [0.1, 0.15) is 60.9 Å². The van der Waals surface area contributed by atoms with Crippen molar-refractivity contribution in [1.82, 2.24) is 16.0 Å². The summed E-state index contributed by atoms with van der Waals surface area (Å²) in [6, 6.07) is 24.8. The van der Waals surface area contributed by atoms with E-state index in [1.54, 1.807) is 22.9 Å². The van der Waals surface area contributed by atoms with Crippen molar-refractivity contribution < 1.29 is 18.8 Å². The van der Waals surface area contributed by atoms with Gasteiger partial charge in [0.1, 0.15) is 11.8 Å². The summed E-state index contributed by atoms with van der Waals surface area (Å²) in [5.74, 6) is 0.380. The number of rotatable bonds is 12. The maximum absolute atomic E-state index is 14.2. The first kappa shape index (κ1) is 33.0. The molecule has 1 aliphatic heterocycles. The maximum Gasteiger partial charge on any atom is 0.251 e. The van der Waals surface area contributed by atoms with E-state index in [1.807, 2.05) is 99.8 Å². The summed E-state index contributed by atoms with van der Waals surface area (Å²) in [5.41, 5.74) is 4.80. The van der Waals surface area contributed by atoms with Gasteiger partial charge < -0.3 is 25.3 Å². The molecule has 0 bridgehead atoms. The van der Waals surface area contributed by atoms with Crippen molar-refractivity contribution >= 4 is 35.2 Å². The number of anilines is 1. The third-order valence-corrected chi connectivity index (χ3v) is 8.94. The van der Waals surface area contributed by atoms with Crippen LogP contribution in [0, 0.1) is 0 Å². The Morgan fingerprint density at radius 1 is 1.02 bits per heavy atom. The second-order valence-corrected chi connectivity index (χ2v) is 13.1. The van der Waals surface area contributed by atoms with E-state index in [4.69, 9.17) is 4.42 Å². The number of fused-ring (bicyclic) bond motifs is 1. The second kappa shape index (κ2) is 14.8. The zero-order chi connectivity index (χ0) is 32.7. The summed E-state index contributed by atoms with van der Waals surface area (Å²) in [6.45, 7) is 7.25. The molecule has 240 valence electrons. The van der Waals surface area contributed by atoms with E-state index < -0.39 is 11.6 Å². The molecular weight excluding hydrogens is 596 g/mol. The Morgan fingerprint density at radius 3 is 2.52 bits per heavy atom. The van der Waals surface area contributed by atoms with Crippen molar-refractivity contribution in [2.24, 2.45) is 0 Å².